The summed E-state index contributed by atoms with van der Waals surface area (Å²) < 4.78 is 0. The molecular weight excluding hydrogens is 96.1 g/mol. The molecule has 8 heavy (non-hydrogen) atoms. The van der Waals surface area contributed by atoms with Crippen LogP contribution >= 0.6 is 0 Å². The van der Waals surface area contributed by atoms with Crippen LogP contribution in [0.3, 0.4) is 0 Å². The Labute approximate surface area is 52.6 Å². The molecule has 0 aliphatic carbocycles. The summed E-state index contributed by atoms with van der Waals surface area (Å²) in [6, 6.07) is 0. The molecule has 0 spiro atoms. The van der Waals surface area contributed by atoms with Crippen molar-refractivity contribution in [3.05, 3.63) is 12.7 Å². The van der Waals surface area contributed by atoms with Crippen LogP contribution in [0.1, 0.15) is 33.1 Å². The van der Waals surface area contributed by atoms with Crippen molar-refractivity contribution in [3.8, 4) is 0 Å². The molecule has 0 heteroatoms. The summed E-state index contributed by atoms with van der Waals surface area (Å²) in [5.41, 5.74) is 0. The Hall–Kier alpha value is -0.260. The normalized spacial score (nSPS) is 13.2. The van der Waals surface area contributed by atoms with E-state index in [2.05, 4.69) is 20.4 Å². The highest BCUT2D eigenvalue weighted by Crippen LogP contribution is 2.08. The fourth-order valence-electron chi connectivity index (χ4n) is 0.895. The molecule has 0 saturated carbocycles. The number of rotatable bonds is 4. The second kappa shape index (κ2) is 4.89. The van der Waals surface area contributed by atoms with Gasteiger partial charge in [-0.2, -0.15) is 0 Å². The van der Waals surface area contributed by atoms with E-state index in [9.17, 15) is 0 Å². The predicted molar refractivity (Wildman–Crippen MR) is 38.9 cm³/mol. The van der Waals surface area contributed by atoms with Crippen molar-refractivity contribution in [2.24, 2.45) is 5.92 Å². The molecule has 0 rings (SSSR count). The molecule has 0 aromatic carbocycles. The number of hydrogen-bond acceptors (Lipinski definition) is 0. The van der Waals surface area contributed by atoms with E-state index in [0.717, 1.165) is 5.92 Å². The van der Waals surface area contributed by atoms with Gasteiger partial charge in [0.15, 0.2) is 0 Å². The van der Waals surface area contributed by atoms with Crippen molar-refractivity contribution in [1.82, 2.24) is 0 Å². The summed E-state index contributed by atoms with van der Waals surface area (Å²) in [5, 5.41) is 0. The Balaban J connectivity index is 3.03. The van der Waals surface area contributed by atoms with Crippen LogP contribution in [-0.4, -0.2) is 0 Å². The zero-order chi connectivity index (χ0) is 6.41. The maximum atomic E-state index is 3.68. The molecule has 0 heterocycles. The Kier molecular flexibility index (Phi) is 4.73. The molecule has 0 radical (unpaired) electrons. The van der Waals surface area contributed by atoms with Crippen molar-refractivity contribution < 1.29 is 0 Å². The van der Waals surface area contributed by atoms with Gasteiger partial charge in [0.25, 0.3) is 0 Å². The van der Waals surface area contributed by atoms with Crippen molar-refractivity contribution in [1.29, 1.82) is 0 Å². The van der Waals surface area contributed by atoms with Crippen molar-refractivity contribution in [2.45, 2.75) is 33.1 Å². The van der Waals surface area contributed by atoms with E-state index in [1.165, 1.54) is 19.3 Å². The largest absolute Gasteiger partial charge is 0.103 e. The Morgan fingerprint density at radius 2 is 2.25 bits per heavy atom. The van der Waals surface area contributed by atoms with Gasteiger partial charge in [0.2, 0.25) is 0 Å². The molecule has 0 amide bonds. The van der Waals surface area contributed by atoms with Gasteiger partial charge in [0, 0.05) is 0 Å². The minimum atomic E-state index is 0.845. The molecule has 0 N–H and O–H groups in total. The molecule has 48 valence electrons. The standard InChI is InChI=1S/C8H16/c1-4-6-8(3)7-5-2/h4,8H,1,5-7H2,2-3H3/t8-/m0/s1. The third-order valence-corrected chi connectivity index (χ3v) is 1.35. The second-order valence-corrected chi connectivity index (χ2v) is 2.42. The Morgan fingerprint density at radius 1 is 1.62 bits per heavy atom. The Morgan fingerprint density at radius 3 is 2.62 bits per heavy atom. The molecule has 0 aliphatic rings. The van der Waals surface area contributed by atoms with E-state index in [1.54, 1.807) is 0 Å². The molecule has 0 unspecified atom stereocenters. The minimum absolute atomic E-state index is 0.845. The van der Waals surface area contributed by atoms with Gasteiger partial charge in [-0.05, 0) is 12.3 Å². The van der Waals surface area contributed by atoms with Crippen LogP contribution in [0.25, 0.3) is 0 Å². The van der Waals surface area contributed by atoms with Crippen LogP contribution < -0.4 is 0 Å². The monoisotopic (exact) mass is 112 g/mol. The lowest BCUT2D eigenvalue weighted by atomic mass is 10.0. The third-order valence-electron chi connectivity index (χ3n) is 1.35. The smallest absolute Gasteiger partial charge is 0.0328 e. The van der Waals surface area contributed by atoms with Gasteiger partial charge in [-0.1, -0.05) is 32.8 Å². The van der Waals surface area contributed by atoms with Gasteiger partial charge in [-0.3, -0.25) is 0 Å². The average Bonchev–Trinajstić information content (AvgIpc) is 1.68. The van der Waals surface area contributed by atoms with Gasteiger partial charge in [0.1, 0.15) is 0 Å². The highest BCUT2D eigenvalue weighted by molar-refractivity contribution is 4.69. The van der Waals surface area contributed by atoms with Crippen LogP contribution in [0.4, 0.5) is 0 Å². The highest BCUT2D eigenvalue weighted by atomic mass is 14.0. The molecule has 1 atom stereocenters. The fraction of sp³-hybridized carbons (Fsp3) is 0.750. The summed E-state index contributed by atoms with van der Waals surface area (Å²) in [5.74, 6) is 0.845. The Bertz CT molecular complexity index is 55.1. The third kappa shape index (κ3) is 3.91. The van der Waals surface area contributed by atoms with Gasteiger partial charge in [0.05, 0.1) is 0 Å². The van der Waals surface area contributed by atoms with Crippen LogP contribution in [0.2, 0.25) is 0 Å². The molecule has 0 nitrogen and oxygen atoms in total. The van der Waals surface area contributed by atoms with Gasteiger partial charge in [-0.25, -0.2) is 0 Å². The van der Waals surface area contributed by atoms with Gasteiger partial charge in [-0.15, -0.1) is 6.58 Å². The van der Waals surface area contributed by atoms with Crippen molar-refractivity contribution in [2.75, 3.05) is 0 Å². The highest BCUT2D eigenvalue weighted by Gasteiger charge is 1.94. The first-order valence-electron chi connectivity index (χ1n) is 3.42. The zero-order valence-corrected chi connectivity index (χ0v) is 5.98. The predicted octanol–water partition coefficient (Wildman–Crippen LogP) is 3.00. The number of allylic oxidation sites excluding steroid dienone is 1. The maximum absolute atomic E-state index is 3.68. The van der Waals surface area contributed by atoms with Crippen molar-refractivity contribution >= 4 is 0 Å². The summed E-state index contributed by atoms with van der Waals surface area (Å²) in [6.07, 6.45) is 5.81. The van der Waals surface area contributed by atoms with Gasteiger partial charge < -0.3 is 0 Å². The lowest BCUT2D eigenvalue weighted by Crippen LogP contribution is -1.89. The van der Waals surface area contributed by atoms with E-state index in [-0.39, 0.29) is 0 Å². The van der Waals surface area contributed by atoms with Crippen LogP contribution in [0.15, 0.2) is 12.7 Å². The molecule has 0 fully saturated rings. The molecule has 0 aromatic heterocycles. The SMILES string of the molecule is C=CC[C@H](C)CCC. The summed E-state index contributed by atoms with van der Waals surface area (Å²) in [4.78, 5) is 0. The second-order valence-electron chi connectivity index (χ2n) is 2.42. The van der Waals surface area contributed by atoms with E-state index in [1.807, 2.05) is 6.08 Å². The first-order chi connectivity index (χ1) is 3.81. The first kappa shape index (κ1) is 7.74. The topological polar surface area (TPSA) is 0 Å². The van der Waals surface area contributed by atoms with Crippen LogP contribution in [-0.2, 0) is 0 Å². The summed E-state index contributed by atoms with van der Waals surface area (Å²) in [6.45, 7) is 8.17. The van der Waals surface area contributed by atoms with E-state index in [0.29, 0.717) is 0 Å². The van der Waals surface area contributed by atoms with E-state index < -0.39 is 0 Å². The zero-order valence-electron chi connectivity index (χ0n) is 5.98. The lowest BCUT2D eigenvalue weighted by Gasteiger charge is -2.03. The average molecular weight is 112 g/mol. The molecule has 0 aromatic rings. The molecular formula is C8H16. The van der Waals surface area contributed by atoms with Gasteiger partial charge >= 0.3 is 0 Å². The summed E-state index contributed by atoms with van der Waals surface area (Å²) in [7, 11) is 0. The first-order valence-corrected chi connectivity index (χ1v) is 3.42. The lowest BCUT2D eigenvalue weighted by molar-refractivity contribution is 0.532. The van der Waals surface area contributed by atoms with Crippen LogP contribution in [0, 0.1) is 5.92 Å². The summed E-state index contributed by atoms with van der Waals surface area (Å²) >= 11 is 0. The van der Waals surface area contributed by atoms with E-state index in [4.69, 9.17) is 0 Å². The molecule has 0 bridgehead atoms. The maximum Gasteiger partial charge on any atom is -0.0328 e. The molecule has 0 aliphatic heterocycles. The van der Waals surface area contributed by atoms with Crippen LogP contribution in [0.5, 0.6) is 0 Å². The van der Waals surface area contributed by atoms with E-state index >= 15 is 0 Å². The molecule has 0 saturated heterocycles. The number of hydrogen-bond donors (Lipinski definition) is 0. The minimum Gasteiger partial charge on any atom is -0.103 e. The fourth-order valence-corrected chi connectivity index (χ4v) is 0.895. The quantitative estimate of drug-likeness (QED) is 0.490. The van der Waals surface area contributed by atoms with Crippen molar-refractivity contribution in [3.63, 3.8) is 0 Å².